The van der Waals surface area contributed by atoms with E-state index >= 15 is 0 Å². The van der Waals surface area contributed by atoms with Crippen molar-refractivity contribution in [2.75, 3.05) is 0 Å². The number of benzene rings is 1. The lowest BCUT2D eigenvalue weighted by Gasteiger charge is -2.05. The van der Waals surface area contributed by atoms with Gasteiger partial charge in [-0.1, -0.05) is 23.9 Å². The summed E-state index contributed by atoms with van der Waals surface area (Å²) in [7, 11) is 1.98. The molecule has 0 spiro atoms. The van der Waals surface area contributed by atoms with Crippen LogP contribution in [0.3, 0.4) is 0 Å². The summed E-state index contributed by atoms with van der Waals surface area (Å²) in [6.07, 6.45) is 3.72. The molecule has 0 aliphatic rings. The maximum Gasteiger partial charge on any atom is 0.214 e. The van der Waals surface area contributed by atoms with Crippen LogP contribution in [0.2, 0.25) is 0 Å². The van der Waals surface area contributed by atoms with E-state index in [1.165, 1.54) is 5.56 Å². The van der Waals surface area contributed by atoms with Gasteiger partial charge in [-0.05, 0) is 35.0 Å². The Morgan fingerprint density at radius 2 is 2.20 bits per heavy atom. The topological polar surface area (TPSA) is 61.4 Å². The summed E-state index contributed by atoms with van der Waals surface area (Å²) in [5, 5.41) is 12.7. The first-order valence-corrected chi connectivity index (χ1v) is 7.17. The van der Waals surface area contributed by atoms with Crippen LogP contribution in [0.4, 0.5) is 0 Å². The predicted octanol–water partition coefficient (Wildman–Crippen LogP) is 2.00. The van der Waals surface area contributed by atoms with Crippen LogP contribution < -0.4 is 0 Å². The number of imidazole rings is 1. The molecule has 20 heavy (non-hydrogen) atoms. The maximum atomic E-state index is 4.30. The minimum absolute atomic E-state index is 0.732. The van der Waals surface area contributed by atoms with Crippen LogP contribution in [-0.4, -0.2) is 29.8 Å². The minimum Gasteiger partial charge on any atom is -0.337 e. The van der Waals surface area contributed by atoms with E-state index in [2.05, 4.69) is 39.6 Å². The Labute approximate surface area is 120 Å². The summed E-state index contributed by atoms with van der Waals surface area (Å²) in [5.74, 6) is 1.73. The van der Waals surface area contributed by atoms with E-state index in [-0.39, 0.29) is 0 Å². The monoisotopic (exact) mass is 286 g/mol. The van der Waals surface area contributed by atoms with E-state index in [0.717, 1.165) is 22.4 Å². The van der Waals surface area contributed by atoms with Gasteiger partial charge in [0.1, 0.15) is 5.82 Å². The number of aryl methyl sites for hydroxylation is 2. The highest BCUT2D eigenvalue weighted by molar-refractivity contribution is 7.98. The summed E-state index contributed by atoms with van der Waals surface area (Å²) in [5.41, 5.74) is 2.15. The highest BCUT2D eigenvalue weighted by atomic mass is 32.2. The van der Waals surface area contributed by atoms with Gasteiger partial charge in [-0.15, -0.1) is 5.10 Å². The fourth-order valence-electron chi connectivity index (χ4n) is 1.86. The number of rotatable bonds is 4. The Morgan fingerprint density at radius 1 is 1.30 bits per heavy atom. The van der Waals surface area contributed by atoms with Crippen molar-refractivity contribution in [1.29, 1.82) is 0 Å². The fraction of sp³-hybridized carbons (Fsp3) is 0.231. The molecule has 0 bridgehead atoms. The fourth-order valence-corrected chi connectivity index (χ4v) is 2.75. The molecule has 1 aromatic carbocycles. The molecule has 0 unspecified atom stereocenters. The van der Waals surface area contributed by atoms with Crippen LogP contribution in [0.25, 0.3) is 5.69 Å². The van der Waals surface area contributed by atoms with Crippen molar-refractivity contribution in [2.24, 2.45) is 7.05 Å². The molecular formula is C13H14N6S. The Morgan fingerprint density at radius 3 is 2.95 bits per heavy atom. The molecule has 3 aromatic rings. The summed E-state index contributed by atoms with van der Waals surface area (Å²) in [6, 6.07) is 8.10. The van der Waals surface area contributed by atoms with E-state index in [9.17, 15) is 0 Å². The lowest BCUT2D eigenvalue weighted by atomic mass is 10.2. The molecular weight excluding hydrogens is 272 g/mol. The molecule has 0 amide bonds. The normalized spacial score (nSPS) is 10.9. The van der Waals surface area contributed by atoms with Gasteiger partial charge < -0.3 is 4.57 Å². The van der Waals surface area contributed by atoms with Gasteiger partial charge in [0.25, 0.3) is 0 Å². The van der Waals surface area contributed by atoms with Crippen LogP contribution >= 0.6 is 11.8 Å². The second kappa shape index (κ2) is 5.46. The van der Waals surface area contributed by atoms with E-state index in [1.54, 1.807) is 22.6 Å². The smallest absolute Gasteiger partial charge is 0.214 e. The standard InChI is InChI=1S/C13H14N6S/c1-10-4-3-5-11(8-10)19-13(15-16-17-19)20-9-12-14-6-7-18(12)2/h3-8H,9H2,1-2H3. The molecule has 2 aromatic heterocycles. The Balaban J connectivity index is 1.82. The lowest BCUT2D eigenvalue weighted by molar-refractivity contribution is 0.754. The highest BCUT2D eigenvalue weighted by Crippen LogP contribution is 2.21. The van der Waals surface area contributed by atoms with E-state index in [1.807, 2.05) is 29.9 Å². The highest BCUT2D eigenvalue weighted by Gasteiger charge is 2.10. The van der Waals surface area contributed by atoms with E-state index in [4.69, 9.17) is 0 Å². The Bertz CT molecular complexity index is 717. The van der Waals surface area contributed by atoms with Gasteiger partial charge >= 0.3 is 0 Å². The molecule has 6 nitrogen and oxygen atoms in total. The third-order valence-corrected chi connectivity index (χ3v) is 3.85. The van der Waals surface area contributed by atoms with Crippen molar-refractivity contribution in [1.82, 2.24) is 29.8 Å². The largest absolute Gasteiger partial charge is 0.337 e. The molecule has 0 saturated carbocycles. The van der Waals surface area contributed by atoms with E-state index in [0.29, 0.717) is 0 Å². The molecule has 0 fully saturated rings. The van der Waals surface area contributed by atoms with Gasteiger partial charge in [-0.2, -0.15) is 4.68 Å². The molecule has 0 saturated heterocycles. The predicted molar refractivity (Wildman–Crippen MR) is 76.7 cm³/mol. The SMILES string of the molecule is Cc1cccc(-n2nnnc2SCc2nccn2C)c1. The summed E-state index contributed by atoms with van der Waals surface area (Å²) < 4.78 is 3.74. The zero-order chi connectivity index (χ0) is 13.9. The van der Waals surface area contributed by atoms with Crippen molar-refractivity contribution < 1.29 is 0 Å². The van der Waals surface area contributed by atoms with Crippen LogP contribution in [-0.2, 0) is 12.8 Å². The molecule has 7 heteroatoms. The van der Waals surface area contributed by atoms with Gasteiger partial charge in [0.15, 0.2) is 0 Å². The van der Waals surface area contributed by atoms with Crippen LogP contribution in [0.1, 0.15) is 11.4 Å². The number of tetrazole rings is 1. The molecule has 2 heterocycles. The minimum atomic E-state index is 0.732. The Hall–Kier alpha value is -2.15. The number of aromatic nitrogens is 6. The van der Waals surface area contributed by atoms with Crippen molar-refractivity contribution in [3.05, 3.63) is 48.0 Å². The van der Waals surface area contributed by atoms with Crippen molar-refractivity contribution in [3.63, 3.8) is 0 Å². The first-order valence-electron chi connectivity index (χ1n) is 6.18. The van der Waals surface area contributed by atoms with E-state index < -0.39 is 0 Å². The molecule has 0 aliphatic carbocycles. The second-order valence-electron chi connectivity index (χ2n) is 4.46. The maximum absolute atomic E-state index is 4.30. The van der Waals surface area contributed by atoms with Crippen LogP contribution in [0.15, 0.2) is 41.8 Å². The van der Waals surface area contributed by atoms with Crippen molar-refractivity contribution in [2.45, 2.75) is 17.8 Å². The molecule has 3 rings (SSSR count). The number of hydrogen-bond acceptors (Lipinski definition) is 5. The molecule has 0 aliphatic heterocycles. The molecule has 0 radical (unpaired) electrons. The average Bonchev–Trinajstić information content (AvgIpc) is 3.05. The van der Waals surface area contributed by atoms with Gasteiger partial charge in [-0.3, -0.25) is 0 Å². The Kier molecular flexibility index (Phi) is 3.51. The first-order chi connectivity index (χ1) is 9.74. The summed E-state index contributed by atoms with van der Waals surface area (Å²) >= 11 is 1.57. The zero-order valence-electron chi connectivity index (χ0n) is 11.3. The quantitative estimate of drug-likeness (QED) is 0.686. The summed E-state index contributed by atoms with van der Waals surface area (Å²) in [4.78, 5) is 4.30. The van der Waals surface area contributed by atoms with Gasteiger partial charge in [0.2, 0.25) is 5.16 Å². The van der Waals surface area contributed by atoms with Crippen molar-refractivity contribution in [3.8, 4) is 5.69 Å². The van der Waals surface area contributed by atoms with Crippen LogP contribution in [0.5, 0.6) is 0 Å². The van der Waals surface area contributed by atoms with Gasteiger partial charge in [0, 0.05) is 19.4 Å². The summed E-state index contributed by atoms with van der Waals surface area (Å²) in [6.45, 7) is 2.05. The second-order valence-corrected chi connectivity index (χ2v) is 5.40. The third-order valence-electron chi connectivity index (χ3n) is 2.94. The average molecular weight is 286 g/mol. The molecule has 0 atom stereocenters. The number of nitrogens with zero attached hydrogens (tertiary/aromatic N) is 6. The van der Waals surface area contributed by atoms with Gasteiger partial charge in [0.05, 0.1) is 11.4 Å². The third kappa shape index (κ3) is 2.57. The van der Waals surface area contributed by atoms with Gasteiger partial charge in [-0.25, -0.2) is 4.98 Å². The molecule has 0 N–H and O–H groups in total. The zero-order valence-corrected chi connectivity index (χ0v) is 12.1. The molecule has 102 valence electrons. The van der Waals surface area contributed by atoms with Crippen LogP contribution in [0, 0.1) is 6.92 Å². The number of thioether (sulfide) groups is 1. The lowest BCUT2D eigenvalue weighted by Crippen LogP contribution is -2.00. The number of hydrogen-bond donors (Lipinski definition) is 0. The van der Waals surface area contributed by atoms with Crippen molar-refractivity contribution >= 4 is 11.8 Å². The first kappa shape index (κ1) is 12.9.